The van der Waals surface area contributed by atoms with E-state index in [-0.39, 0.29) is 5.82 Å². The monoisotopic (exact) mass is 434 g/mol. The van der Waals surface area contributed by atoms with Crippen molar-refractivity contribution in [2.75, 3.05) is 5.32 Å². The van der Waals surface area contributed by atoms with Crippen LogP contribution < -0.4 is 5.32 Å². The van der Waals surface area contributed by atoms with Gasteiger partial charge in [0.1, 0.15) is 10.6 Å². The van der Waals surface area contributed by atoms with E-state index >= 15 is 0 Å². The maximum Gasteiger partial charge on any atom is 0.299 e. The largest absolute Gasteiger partial charge is 0.506 e. The summed E-state index contributed by atoms with van der Waals surface area (Å²) in [6, 6.07) is 2.38. The number of nitrogens with one attached hydrogen (secondary N) is 1. The third-order valence-electron chi connectivity index (χ3n) is 3.52. The van der Waals surface area contributed by atoms with Crippen LogP contribution >= 0.6 is 0 Å². The zero-order valence-corrected chi connectivity index (χ0v) is 14.8. The van der Waals surface area contributed by atoms with Crippen molar-refractivity contribution in [3.05, 3.63) is 36.0 Å². The molecule has 0 aliphatic heterocycles. The van der Waals surface area contributed by atoms with Crippen LogP contribution in [0.25, 0.3) is 10.8 Å². The summed E-state index contributed by atoms with van der Waals surface area (Å²) < 4.78 is 94.3. The second kappa shape index (κ2) is 6.55. The van der Waals surface area contributed by atoms with Gasteiger partial charge >= 0.3 is 0 Å². The molecule has 11 nitrogen and oxygen atoms in total. The highest BCUT2D eigenvalue weighted by Gasteiger charge is 2.35. The molecule has 0 atom stereocenters. The van der Waals surface area contributed by atoms with Gasteiger partial charge in [0.15, 0.2) is 22.3 Å². The topological polar surface area (TPSA) is 180 Å². The standard InChI is InChI=1S/C13H8F2N4O7S2/c14-6-2-1-5-8(9(6)15)10(17-7-3-4-16-19-18-7)12(27(21,22)23)13(11(5)20)28(24,25)26/h1-4,20H,(H,16,17,18)(H,21,22,23)(H,24,25,26). The van der Waals surface area contributed by atoms with Crippen molar-refractivity contribution in [2.24, 2.45) is 0 Å². The van der Waals surface area contributed by atoms with Gasteiger partial charge in [-0.1, -0.05) is 0 Å². The van der Waals surface area contributed by atoms with E-state index in [1.54, 1.807) is 0 Å². The third kappa shape index (κ3) is 3.31. The van der Waals surface area contributed by atoms with Crippen LogP contribution in [0, 0.1) is 11.6 Å². The number of hydrogen-bond acceptors (Lipinski definition) is 9. The van der Waals surface area contributed by atoms with Gasteiger partial charge in [0, 0.05) is 16.8 Å². The number of phenolic OH excluding ortho intramolecular Hbond substituents is 1. The van der Waals surface area contributed by atoms with Crippen LogP contribution in [0.2, 0.25) is 0 Å². The number of halogens is 2. The van der Waals surface area contributed by atoms with E-state index in [9.17, 15) is 39.8 Å². The number of aromatic nitrogens is 3. The molecule has 0 bridgehead atoms. The molecular weight excluding hydrogens is 426 g/mol. The lowest BCUT2D eigenvalue weighted by Crippen LogP contribution is -2.13. The second-order valence-corrected chi connectivity index (χ2v) is 7.96. The Bertz CT molecular complexity index is 1320. The summed E-state index contributed by atoms with van der Waals surface area (Å²) in [5, 5.41) is 20.7. The SMILES string of the molecule is O=S(=O)(O)c1c(S(=O)(=O)O)c(Nc2ccnnn2)c2c(F)c(F)ccc2c1O. The predicted molar refractivity (Wildman–Crippen MR) is 88.3 cm³/mol. The smallest absolute Gasteiger partial charge is 0.299 e. The van der Waals surface area contributed by atoms with E-state index in [1.165, 1.54) is 0 Å². The number of aromatic hydroxyl groups is 1. The van der Waals surface area contributed by atoms with Gasteiger partial charge in [0.2, 0.25) is 0 Å². The molecule has 3 rings (SSSR count). The van der Waals surface area contributed by atoms with Crippen molar-refractivity contribution in [3.63, 3.8) is 0 Å². The number of rotatable bonds is 4. The highest BCUT2D eigenvalue weighted by molar-refractivity contribution is 7.89. The van der Waals surface area contributed by atoms with Crippen LogP contribution in [0.5, 0.6) is 5.75 Å². The molecule has 4 N–H and O–H groups in total. The Hall–Kier alpha value is -3.01. The van der Waals surface area contributed by atoms with E-state index in [1.807, 2.05) is 0 Å². The Labute approximate surface area is 155 Å². The van der Waals surface area contributed by atoms with Gasteiger partial charge in [-0.15, -0.1) is 10.2 Å². The van der Waals surface area contributed by atoms with Crippen molar-refractivity contribution in [3.8, 4) is 5.75 Å². The normalized spacial score (nSPS) is 12.3. The molecule has 1 aromatic heterocycles. The van der Waals surface area contributed by atoms with Crippen LogP contribution in [0.15, 0.2) is 34.2 Å². The fraction of sp³-hybridized carbons (Fsp3) is 0. The number of hydrogen-bond donors (Lipinski definition) is 4. The van der Waals surface area contributed by atoms with Crippen LogP contribution in [0.3, 0.4) is 0 Å². The van der Waals surface area contributed by atoms with Gasteiger partial charge in [-0.3, -0.25) is 9.11 Å². The van der Waals surface area contributed by atoms with Crippen LogP contribution in [0.4, 0.5) is 20.3 Å². The molecule has 3 aromatic rings. The van der Waals surface area contributed by atoms with E-state index in [0.29, 0.717) is 6.07 Å². The van der Waals surface area contributed by atoms with E-state index < -0.39 is 63.9 Å². The van der Waals surface area contributed by atoms with Gasteiger partial charge in [-0.2, -0.15) is 16.8 Å². The minimum Gasteiger partial charge on any atom is -0.506 e. The Balaban J connectivity index is 2.63. The molecule has 0 fully saturated rings. The summed E-state index contributed by atoms with van der Waals surface area (Å²) >= 11 is 0. The molecule has 28 heavy (non-hydrogen) atoms. The molecular formula is C13H8F2N4O7S2. The minimum absolute atomic E-state index is 0.308. The average molecular weight is 434 g/mol. The van der Waals surface area contributed by atoms with Crippen molar-refractivity contribution >= 4 is 42.5 Å². The summed E-state index contributed by atoms with van der Waals surface area (Å²) in [6.07, 6.45) is 1.08. The summed E-state index contributed by atoms with van der Waals surface area (Å²) in [5.74, 6) is -4.88. The van der Waals surface area contributed by atoms with Crippen molar-refractivity contribution in [1.29, 1.82) is 0 Å². The Morgan fingerprint density at radius 2 is 1.61 bits per heavy atom. The van der Waals surface area contributed by atoms with Gasteiger partial charge in [-0.25, -0.2) is 8.78 Å². The molecule has 0 saturated heterocycles. The molecule has 0 aliphatic rings. The zero-order valence-electron chi connectivity index (χ0n) is 13.2. The third-order valence-corrected chi connectivity index (χ3v) is 5.49. The Morgan fingerprint density at radius 1 is 0.964 bits per heavy atom. The molecule has 0 spiro atoms. The fourth-order valence-electron chi connectivity index (χ4n) is 2.49. The molecule has 1 heterocycles. The van der Waals surface area contributed by atoms with Gasteiger partial charge in [0.25, 0.3) is 20.2 Å². The fourth-order valence-corrected chi connectivity index (χ4v) is 4.55. The molecule has 2 aromatic carbocycles. The average Bonchev–Trinajstić information content (AvgIpc) is 2.58. The van der Waals surface area contributed by atoms with Crippen LogP contribution in [0.1, 0.15) is 0 Å². The van der Waals surface area contributed by atoms with Crippen LogP contribution in [-0.4, -0.2) is 46.5 Å². The van der Waals surface area contributed by atoms with Gasteiger partial charge in [0.05, 0.1) is 11.9 Å². The lowest BCUT2D eigenvalue weighted by Gasteiger charge is -2.17. The highest BCUT2D eigenvalue weighted by Crippen LogP contribution is 2.45. The Kier molecular flexibility index (Phi) is 4.62. The minimum atomic E-state index is -5.53. The molecule has 0 aliphatic carbocycles. The Morgan fingerprint density at radius 3 is 2.14 bits per heavy atom. The first kappa shape index (κ1) is 19.7. The zero-order chi connectivity index (χ0) is 20.9. The van der Waals surface area contributed by atoms with Gasteiger partial charge < -0.3 is 10.4 Å². The number of phenols is 1. The second-order valence-electron chi connectivity index (χ2n) is 5.25. The molecule has 0 saturated carbocycles. The number of anilines is 2. The molecule has 0 unspecified atom stereocenters. The first-order valence-electron chi connectivity index (χ1n) is 6.96. The van der Waals surface area contributed by atoms with Crippen LogP contribution in [-0.2, 0) is 20.2 Å². The van der Waals surface area contributed by atoms with Crippen molar-refractivity contribution in [1.82, 2.24) is 15.4 Å². The summed E-state index contributed by atoms with van der Waals surface area (Å²) in [4.78, 5) is -3.26. The quantitative estimate of drug-likeness (QED) is 0.343. The van der Waals surface area contributed by atoms with Crippen molar-refractivity contribution in [2.45, 2.75) is 9.79 Å². The lowest BCUT2D eigenvalue weighted by atomic mass is 10.1. The lowest BCUT2D eigenvalue weighted by molar-refractivity contribution is 0.435. The summed E-state index contributed by atoms with van der Waals surface area (Å²) in [5.41, 5.74) is -1.01. The summed E-state index contributed by atoms with van der Waals surface area (Å²) in [7, 11) is -11.0. The molecule has 15 heteroatoms. The van der Waals surface area contributed by atoms with E-state index in [2.05, 4.69) is 20.7 Å². The number of fused-ring (bicyclic) bond motifs is 1. The molecule has 148 valence electrons. The van der Waals surface area contributed by atoms with Crippen molar-refractivity contribution < 1.29 is 39.8 Å². The maximum absolute atomic E-state index is 14.5. The van der Waals surface area contributed by atoms with E-state index in [0.717, 1.165) is 18.3 Å². The first-order valence-corrected chi connectivity index (χ1v) is 9.84. The first-order chi connectivity index (χ1) is 12.9. The van der Waals surface area contributed by atoms with E-state index in [4.69, 9.17) is 0 Å². The number of benzene rings is 2. The number of nitrogens with zero attached hydrogens (tertiary/aromatic N) is 3. The molecule has 0 radical (unpaired) electrons. The van der Waals surface area contributed by atoms with Gasteiger partial charge in [-0.05, 0) is 17.3 Å². The highest BCUT2D eigenvalue weighted by atomic mass is 32.2. The summed E-state index contributed by atoms with van der Waals surface area (Å²) in [6.45, 7) is 0. The maximum atomic E-state index is 14.5. The molecule has 0 amide bonds. The predicted octanol–water partition coefficient (Wildman–Crippen LogP) is 1.25.